The molecule has 0 spiro atoms. The van der Waals surface area contributed by atoms with Crippen LogP contribution in [-0.2, 0) is 6.54 Å². The number of rotatable bonds is 6. The molecule has 3 nitrogen and oxygen atoms in total. The molecule has 0 bridgehead atoms. The second-order valence-electron chi connectivity index (χ2n) is 5.97. The molecular formula is C15H27N3. The van der Waals surface area contributed by atoms with Gasteiger partial charge in [0.05, 0.1) is 0 Å². The summed E-state index contributed by atoms with van der Waals surface area (Å²) in [6.07, 6.45) is 4.92. The Morgan fingerprint density at radius 1 is 1.39 bits per heavy atom. The third kappa shape index (κ3) is 5.61. The second kappa shape index (κ2) is 6.86. The summed E-state index contributed by atoms with van der Waals surface area (Å²) >= 11 is 0. The molecule has 1 aromatic heterocycles. The van der Waals surface area contributed by atoms with Crippen LogP contribution in [0.4, 0.5) is 0 Å². The summed E-state index contributed by atoms with van der Waals surface area (Å²) in [5.41, 5.74) is 1.46. The van der Waals surface area contributed by atoms with Crippen LogP contribution in [0.1, 0.15) is 39.7 Å². The van der Waals surface area contributed by atoms with E-state index in [1.807, 2.05) is 18.5 Å². The molecule has 1 heterocycles. The minimum atomic E-state index is 0.183. The van der Waals surface area contributed by atoms with Crippen LogP contribution in [0, 0.1) is 0 Å². The Kier molecular flexibility index (Phi) is 5.76. The quantitative estimate of drug-likeness (QED) is 0.840. The van der Waals surface area contributed by atoms with Crippen molar-refractivity contribution in [2.24, 2.45) is 0 Å². The van der Waals surface area contributed by atoms with E-state index >= 15 is 0 Å². The van der Waals surface area contributed by atoms with Crippen LogP contribution < -0.4 is 5.32 Å². The van der Waals surface area contributed by atoms with Gasteiger partial charge in [0.25, 0.3) is 0 Å². The smallest absolute Gasteiger partial charge is 0.0312 e. The standard InChI is InChI=1S/C15H27N3/c1-6-14(11-17-15(2,3)4)18(5)12-13-8-7-9-16-10-13/h7-10,14,17H,6,11-12H2,1-5H3. The number of nitrogens with one attached hydrogen (secondary N) is 1. The van der Waals surface area contributed by atoms with Gasteiger partial charge in [-0.15, -0.1) is 0 Å². The summed E-state index contributed by atoms with van der Waals surface area (Å²) in [5.74, 6) is 0. The van der Waals surface area contributed by atoms with Crippen molar-refractivity contribution in [2.75, 3.05) is 13.6 Å². The number of aromatic nitrogens is 1. The number of hydrogen-bond donors (Lipinski definition) is 1. The molecule has 0 aromatic carbocycles. The lowest BCUT2D eigenvalue weighted by Crippen LogP contribution is -2.46. The van der Waals surface area contributed by atoms with Gasteiger partial charge in [-0.1, -0.05) is 13.0 Å². The maximum Gasteiger partial charge on any atom is 0.0312 e. The molecule has 0 fully saturated rings. The van der Waals surface area contributed by atoms with Gasteiger partial charge in [0.2, 0.25) is 0 Å². The van der Waals surface area contributed by atoms with E-state index < -0.39 is 0 Å². The average molecular weight is 249 g/mol. The molecule has 1 aromatic rings. The van der Waals surface area contributed by atoms with E-state index in [0.29, 0.717) is 6.04 Å². The van der Waals surface area contributed by atoms with Gasteiger partial charge in [0.15, 0.2) is 0 Å². The lowest BCUT2D eigenvalue weighted by molar-refractivity contribution is 0.208. The van der Waals surface area contributed by atoms with Crippen molar-refractivity contribution in [3.8, 4) is 0 Å². The van der Waals surface area contributed by atoms with Crippen LogP contribution in [0.15, 0.2) is 24.5 Å². The normalized spacial score (nSPS) is 13.9. The minimum Gasteiger partial charge on any atom is -0.311 e. The van der Waals surface area contributed by atoms with Crippen molar-refractivity contribution in [1.82, 2.24) is 15.2 Å². The highest BCUT2D eigenvalue weighted by Gasteiger charge is 2.16. The first-order valence-electron chi connectivity index (χ1n) is 6.76. The Balaban J connectivity index is 2.49. The van der Waals surface area contributed by atoms with Gasteiger partial charge in [-0.3, -0.25) is 9.88 Å². The van der Waals surface area contributed by atoms with Crippen molar-refractivity contribution < 1.29 is 0 Å². The van der Waals surface area contributed by atoms with E-state index in [1.165, 1.54) is 5.56 Å². The molecule has 3 heteroatoms. The fraction of sp³-hybridized carbons (Fsp3) is 0.667. The minimum absolute atomic E-state index is 0.183. The fourth-order valence-electron chi connectivity index (χ4n) is 1.94. The van der Waals surface area contributed by atoms with Crippen LogP contribution in [0.3, 0.4) is 0 Å². The largest absolute Gasteiger partial charge is 0.311 e. The van der Waals surface area contributed by atoms with Crippen molar-refractivity contribution in [3.63, 3.8) is 0 Å². The molecule has 0 radical (unpaired) electrons. The Hall–Kier alpha value is -0.930. The molecule has 102 valence electrons. The summed E-state index contributed by atoms with van der Waals surface area (Å²) in [4.78, 5) is 6.56. The summed E-state index contributed by atoms with van der Waals surface area (Å²) in [6, 6.07) is 4.69. The van der Waals surface area contributed by atoms with Gasteiger partial charge in [0, 0.05) is 37.1 Å². The van der Waals surface area contributed by atoms with Crippen molar-refractivity contribution in [2.45, 2.75) is 52.2 Å². The first kappa shape index (κ1) is 15.1. The maximum absolute atomic E-state index is 4.17. The molecule has 0 amide bonds. The Morgan fingerprint density at radius 2 is 2.11 bits per heavy atom. The molecule has 1 N–H and O–H groups in total. The van der Waals surface area contributed by atoms with E-state index in [9.17, 15) is 0 Å². The lowest BCUT2D eigenvalue weighted by atomic mass is 10.1. The summed E-state index contributed by atoms with van der Waals surface area (Å²) < 4.78 is 0. The van der Waals surface area contributed by atoms with Gasteiger partial charge >= 0.3 is 0 Å². The number of nitrogens with zero attached hydrogens (tertiary/aromatic N) is 2. The Bertz CT molecular complexity index is 329. The Labute approximate surface area is 112 Å². The molecular weight excluding hydrogens is 222 g/mol. The van der Waals surface area contributed by atoms with Gasteiger partial charge in [0.1, 0.15) is 0 Å². The number of hydrogen-bond acceptors (Lipinski definition) is 3. The molecule has 0 saturated carbocycles. The predicted octanol–water partition coefficient (Wildman–Crippen LogP) is 2.68. The molecule has 1 rings (SSSR count). The molecule has 0 aliphatic rings. The van der Waals surface area contributed by atoms with Crippen molar-refractivity contribution in [3.05, 3.63) is 30.1 Å². The van der Waals surface area contributed by atoms with E-state index in [-0.39, 0.29) is 5.54 Å². The van der Waals surface area contributed by atoms with Crippen LogP contribution in [0.5, 0.6) is 0 Å². The highest BCUT2D eigenvalue weighted by atomic mass is 15.2. The number of likely N-dealkylation sites (N-methyl/N-ethyl adjacent to an activating group) is 1. The zero-order chi connectivity index (χ0) is 13.6. The third-order valence-electron chi connectivity index (χ3n) is 3.12. The molecule has 0 saturated heterocycles. The SMILES string of the molecule is CCC(CNC(C)(C)C)N(C)Cc1cccnc1. The molecule has 1 atom stereocenters. The second-order valence-corrected chi connectivity index (χ2v) is 5.97. The lowest BCUT2D eigenvalue weighted by Gasteiger charge is -2.31. The zero-order valence-electron chi connectivity index (χ0n) is 12.4. The van der Waals surface area contributed by atoms with E-state index in [1.54, 1.807) is 0 Å². The molecule has 1 unspecified atom stereocenters. The Morgan fingerprint density at radius 3 is 2.61 bits per heavy atom. The zero-order valence-corrected chi connectivity index (χ0v) is 12.4. The molecule has 0 aliphatic heterocycles. The third-order valence-corrected chi connectivity index (χ3v) is 3.12. The maximum atomic E-state index is 4.17. The van der Waals surface area contributed by atoms with Gasteiger partial charge in [-0.2, -0.15) is 0 Å². The summed E-state index contributed by atoms with van der Waals surface area (Å²) in [6.45, 7) is 10.9. The first-order valence-corrected chi connectivity index (χ1v) is 6.76. The first-order chi connectivity index (χ1) is 8.42. The van der Waals surface area contributed by atoms with Crippen molar-refractivity contribution in [1.29, 1.82) is 0 Å². The molecule has 18 heavy (non-hydrogen) atoms. The highest BCUT2D eigenvalue weighted by molar-refractivity contribution is 5.08. The summed E-state index contributed by atoms with van der Waals surface area (Å²) in [7, 11) is 2.19. The fourth-order valence-corrected chi connectivity index (χ4v) is 1.94. The van der Waals surface area contributed by atoms with Crippen LogP contribution in [0.25, 0.3) is 0 Å². The van der Waals surface area contributed by atoms with Gasteiger partial charge < -0.3 is 5.32 Å². The highest BCUT2D eigenvalue weighted by Crippen LogP contribution is 2.08. The van der Waals surface area contributed by atoms with Crippen molar-refractivity contribution >= 4 is 0 Å². The van der Waals surface area contributed by atoms with E-state index in [0.717, 1.165) is 19.5 Å². The van der Waals surface area contributed by atoms with Gasteiger partial charge in [-0.25, -0.2) is 0 Å². The molecule has 0 aliphatic carbocycles. The van der Waals surface area contributed by atoms with Crippen LogP contribution in [-0.4, -0.2) is 35.1 Å². The number of pyridine rings is 1. The van der Waals surface area contributed by atoms with Crippen LogP contribution >= 0.6 is 0 Å². The van der Waals surface area contributed by atoms with Gasteiger partial charge in [-0.05, 0) is 45.9 Å². The average Bonchev–Trinajstić information content (AvgIpc) is 2.29. The van der Waals surface area contributed by atoms with E-state index in [2.05, 4.69) is 56.0 Å². The van der Waals surface area contributed by atoms with Crippen LogP contribution in [0.2, 0.25) is 0 Å². The topological polar surface area (TPSA) is 28.2 Å². The monoisotopic (exact) mass is 249 g/mol. The predicted molar refractivity (Wildman–Crippen MR) is 77.5 cm³/mol. The summed E-state index contributed by atoms with van der Waals surface area (Å²) in [5, 5.41) is 3.58. The van der Waals surface area contributed by atoms with E-state index in [4.69, 9.17) is 0 Å².